The van der Waals surface area contributed by atoms with Crippen molar-refractivity contribution in [3.63, 3.8) is 0 Å². The first-order valence-electron chi connectivity index (χ1n) is 23.9. The van der Waals surface area contributed by atoms with Crippen molar-refractivity contribution < 1.29 is 24.5 Å². The molecule has 0 aliphatic heterocycles. The van der Waals surface area contributed by atoms with Gasteiger partial charge in [-0.15, -0.1) is 0 Å². The second kappa shape index (κ2) is 44.3. The lowest BCUT2D eigenvalue weighted by atomic mass is 10.0. The number of nitrogens with one attached hydrogen (secondary N) is 1. The Labute approximate surface area is 336 Å². The maximum Gasteiger partial charge on any atom is 0.305 e. The molecule has 0 bridgehead atoms. The highest BCUT2D eigenvalue weighted by Gasteiger charge is 2.20. The fraction of sp³-hybridized carbons (Fsp3) is 0.917. The Hall–Kier alpha value is -1.40. The smallest absolute Gasteiger partial charge is 0.305 e. The Morgan fingerprint density at radius 2 is 0.870 bits per heavy atom. The van der Waals surface area contributed by atoms with Crippen molar-refractivity contribution in [3.05, 3.63) is 12.2 Å². The second-order valence-corrected chi connectivity index (χ2v) is 16.4. The lowest BCUT2D eigenvalue weighted by Gasteiger charge is -2.22. The maximum absolute atomic E-state index is 12.4. The van der Waals surface area contributed by atoms with Gasteiger partial charge in [0, 0.05) is 12.8 Å². The van der Waals surface area contributed by atoms with E-state index in [-0.39, 0.29) is 18.5 Å². The van der Waals surface area contributed by atoms with Crippen LogP contribution in [0.3, 0.4) is 0 Å². The van der Waals surface area contributed by atoms with Crippen molar-refractivity contribution in [2.24, 2.45) is 0 Å². The number of aliphatic hydroxyl groups is 2. The number of unbranched alkanes of at least 4 members (excludes halogenated alkanes) is 31. The molecule has 2 unspecified atom stereocenters. The molecule has 0 rings (SSSR count). The van der Waals surface area contributed by atoms with Crippen LogP contribution in [0.5, 0.6) is 0 Å². The normalized spacial score (nSPS) is 12.7. The summed E-state index contributed by atoms with van der Waals surface area (Å²) in [7, 11) is 0. The first-order valence-corrected chi connectivity index (χ1v) is 23.9. The van der Waals surface area contributed by atoms with Gasteiger partial charge in [0.2, 0.25) is 5.91 Å². The zero-order valence-corrected chi connectivity index (χ0v) is 36.2. The summed E-state index contributed by atoms with van der Waals surface area (Å²) in [6.07, 6.45) is 48.8. The first kappa shape index (κ1) is 52.6. The predicted octanol–water partition coefficient (Wildman–Crippen LogP) is 13.8. The maximum atomic E-state index is 12.4. The second-order valence-electron chi connectivity index (χ2n) is 16.4. The molecule has 0 heterocycles. The fourth-order valence-electron chi connectivity index (χ4n) is 7.34. The molecule has 0 aromatic heterocycles. The zero-order chi connectivity index (χ0) is 39.4. The largest absolute Gasteiger partial charge is 0.466 e. The quantitative estimate of drug-likeness (QED) is 0.0326. The van der Waals surface area contributed by atoms with E-state index in [1.165, 1.54) is 167 Å². The molecule has 0 aromatic rings. The number of allylic oxidation sites excluding steroid dienone is 2. The van der Waals surface area contributed by atoms with Crippen molar-refractivity contribution in [2.75, 3.05) is 13.2 Å². The predicted molar refractivity (Wildman–Crippen MR) is 232 cm³/mol. The van der Waals surface area contributed by atoms with Crippen LogP contribution >= 0.6 is 0 Å². The van der Waals surface area contributed by atoms with Gasteiger partial charge in [-0.3, -0.25) is 9.59 Å². The molecule has 1 amide bonds. The van der Waals surface area contributed by atoms with Gasteiger partial charge in [0.05, 0.1) is 25.4 Å². The molecule has 0 radical (unpaired) electrons. The summed E-state index contributed by atoms with van der Waals surface area (Å²) in [6.45, 7) is 4.88. The van der Waals surface area contributed by atoms with Gasteiger partial charge in [-0.25, -0.2) is 0 Å². The van der Waals surface area contributed by atoms with E-state index in [2.05, 4.69) is 31.3 Å². The van der Waals surface area contributed by atoms with Crippen molar-refractivity contribution in [1.29, 1.82) is 0 Å². The monoisotopic (exact) mass is 764 g/mol. The number of amides is 1. The molecule has 54 heavy (non-hydrogen) atoms. The van der Waals surface area contributed by atoms with E-state index in [1.54, 1.807) is 0 Å². The minimum absolute atomic E-state index is 0.0194. The lowest BCUT2D eigenvalue weighted by Crippen LogP contribution is -2.45. The Kier molecular flexibility index (Phi) is 43.2. The molecule has 0 saturated carbocycles. The van der Waals surface area contributed by atoms with Gasteiger partial charge in [-0.05, 0) is 51.4 Å². The van der Waals surface area contributed by atoms with Crippen LogP contribution in [0.1, 0.15) is 258 Å². The summed E-state index contributed by atoms with van der Waals surface area (Å²) in [5.41, 5.74) is 0. The number of aliphatic hydroxyl groups excluding tert-OH is 2. The first-order chi connectivity index (χ1) is 26.5. The number of hydrogen-bond donors (Lipinski definition) is 3. The molecule has 6 heteroatoms. The third-order valence-corrected chi connectivity index (χ3v) is 11.1. The van der Waals surface area contributed by atoms with E-state index in [0.717, 1.165) is 57.8 Å². The lowest BCUT2D eigenvalue weighted by molar-refractivity contribution is -0.143. The number of carbonyl (C=O) groups excluding carboxylic acids is 2. The summed E-state index contributed by atoms with van der Waals surface area (Å²) in [5.74, 6) is -0.0706. The Bertz CT molecular complexity index is 802. The number of esters is 1. The van der Waals surface area contributed by atoms with E-state index >= 15 is 0 Å². The standard InChI is InChI=1S/C48H93NO5/c1-3-5-7-9-11-13-15-17-20-24-28-32-36-40-46(51)45(44-50)49-47(52)41-37-33-29-25-21-18-19-23-27-31-35-39-43-54-48(53)42-38-34-30-26-22-16-14-12-10-8-6-4-2/h12,14,45-46,50-51H,3-11,13,15-44H2,1-2H3,(H,49,52)/b14-12-. The van der Waals surface area contributed by atoms with Crippen LogP contribution in [0.2, 0.25) is 0 Å². The average molecular weight is 764 g/mol. The van der Waals surface area contributed by atoms with Crippen LogP contribution in [0, 0.1) is 0 Å². The zero-order valence-electron chi connectivity index (χ0n) is 36.2. The summed E-state index contributed by atoms with van der Waals surface area (Å²) in [4.78, 5) is 24.4. The highest BCUT2D eigenvalue weighted by molar-refractivity contribution is 5.76. The van der Waals surface area contributed by atoms with Crippen molar-refractivity contribution in [2.45, 2.75) is 270 Å². The van der Waals surface area contributed by atoms with Gasteiger partial charge in [-0.2, -0.15) is 0 Å². The number of hydrogen-bond acceptors (Lipinski definition) is 5. The Balaban J connectivity index is 3.47. The third kappa shape index (κ3) is 40.3. The molecular weight excluding hydrogens is 671 g/mol. The van der Waals surface area contributed by atoms with Gasteiger partial charge in [-0.1, -0.05) is 206 Å². The van der Waals surface area contributed by atoms with Crippen LogP contribution in [0.15, 0.2) is 12.2 Å². The van der Waals surface area contributed by atoms with Crippen LogP contribution in [0.25, 0.3) is 0 Å². The molecule has 6 nitrogen and oxygen atoms in total. The average Bonchev–Trinajstić information content (AvgIpc) is 3.17. The van der Waals surface area contributed by atoms with Crippen molar-refractivity contribution in [1.82, 2.24) is 5.32 Å². The van der Waals surface area contributed by atoms with Crippen LogP contribution in [-0.2, 0) is 14.3 Å². The summed E-state index contributed by atoms with van der Waals surface area (Å²) >= 11 is 0. The van der Waals surface area contributed by atoms with Gasteiger partial charge in [0.25, 0.3) is 0 Å². The molecule has 2 atom stereocenters. The number of rotatable bonds is 44. The van der Waals surface area contributed by atoms with E-state index < -0.39 is 12.1 Å². The molecular formula is C48H93NO5. The molecule has 0 spiro atoms. The highest BCUT2D eigenvalue weighted by Crippen LogP contribution is 2.16. The summed E-state index contributed by atoms with van der Waals surface area (Å²) in [5, 5.41) is 23.1. The van der Waals surface area contributed by atoms with Gasteiger partial charge >= 0.3 is 5.97 Å². The van der Waals surface area contributed by atoms with Crippen molar-refractivity contribution in [3.8, 4) is 0 Å². The van der Waals surface area contributed by atoms with Gasteiger partial charge < -0.3 is 20.3 Å². The molecule has 0 aliphatic carbocycles. The SMILES string of the molecule is CCCCC/C=C\CCCCCCCC(=O)OCCCCCCCCCCCCCCC(=O)NC(CO)C(O)CCCCCCCCCCCCCCC. The minimum Gasteiger partial charge on any atom is -0.466 e. The molecule has 0 aliphatic rings. The number of ether oxygens (including phenoxy) is 1. The molecule has 320 valence electrons. The van der Waals surface area contributed by atoms with Crippen LogP contribution in [-0.4, -0.2) is 47.4 Å². The topological polar surface area (TPSA) is 95.9 Å². The minimum atomic E-state index is -0.673. The fourth-order valence-corrected chi connectivity index (χ4v) is 7.34. The molecule has 0 aromatic carbocycles. The molecule has 0 saturated heterocycles. The Morgan fingerprint density at radius 1 is 0.500 bits per heavy atom. The van der Waals surface area contributed by atoms with E-state index in [9.17, 15) is 19.8 Å². The summed E-state index contributed by atoms with van der Waals surface area (Å²) < 4.78 is 5.44. The summed E-state index contributed by atoms with van der Waals surface area (Å²) in [6, 6.07) is -0.551. The van der Waals surface area contributed by atoms with Crippen LogP contribution in [0.4, 0.5) is 0 Å². The highest BCUT2D eigenvalue weighted by atomic mass is 16.5. The van der Waals surface area contributed by atoms with Gasteiger partial charge in [0.15, 0.2) is 0 Å². The van der Waals surface area contributed by atoms with Gasteiger partial charge in [0.1, 0.15) is 0 Å². The van der Waals surface area contributed by atoms with Crippen molar-refractivity contribution >= 4 is 11.9 Å². The van der Waals surface area contributed by atoms with E-state index in [4.69, 9.17) is 4.74 Å². The Morgan fingerprint density at radius 3 is 1.35 bits per heavy atom. The van der Waals surface area contributed by atoms with E-state index in [0.29, 0.717) is 25.9 Å². The molecule has 3 N–H and O–H groups in total. The van der Waals surface area contributed by atoms with Crippen LogP contribution < -0.4 is 5.32 Å². The molecule has 0 fully saturated rings. The third-order valence-electron chi connectivity index (χ3n) is 11.1. The van der Waals surface area contributed by atoms with E-state index in [1.807, 2.05) is 0 Å². The number of carbonyl (C=O) groups is 2.